The number of phosphoric ester groups is 1. The lowest BCUT2D eigenvalue weighted by Crippen LogP contribution is -2.28. The van der Waals surface area contributed by atoms with Gasteiger partial charge in [0, 0.05) is 37.3 Å². The molecule has 1 aliphatic rings. The van der Waals surface area contributed by atoms with Gasteiger partial charge in [0.2, 0.25) is 5.95 Å². The quantitative estimate of drug-likeness (QED) is 0.0184. The van der Waals surface area contributed by atoms with E-state index in [0.29, 0.717) is 32.0 Å². The first-order chi connectivity index (χ1) is 27.6. The smallest absolute Gasteiger partial charge is 0.466 e. The molecule has 0 spiro atoms. The Morgan fingerprint density at radius 3 is 2.49 bits per heavy atom. The van der Waals surface area contributed by atoms with Crippen molar-refractivity contribution in [2.24, 2.45) is 0 Å². The van der Waals surface area contributed by atoms with Gasteiger partial charge in [-0.25, -0.2) is 13.7 Å². The fraction of sp³-hybridized carbons (Fsp3) is 0.667. The number of rotatable bonds is 26. The predicted molar refractivity (Wildman–Crippen MR) is 222 cm³/mol. The summed E-state index contributed by atoms with van der Waals surface area (Å²) in [6, 6.07) is 0. The van der Waals surface area contributed by atoms with E-state index in [2.05, 4.69) is 44.3 Å². The van der Waals surface area contributed by atoms with Crippen LogP contribution < -0.4 is 11.3 Å². The van der Waals surface area contributed by atoms with E-state index in [9.17, 15) is 37.9 Å². The molecule has 59 heavy (non-hydrogen) atoms. The van der Waals surface area contributed by atoms with E-state index in [1.807, 2.05) is 6.26 Å². The van der Waals surface area contributed by atoms with Crippen LogP contribution in [0.1, 0.15) is 71.1 Å². The normalized spacial score (nSPS) is 19.2. The van der Waals surface area contributed by atoms with Crippen molar-refractivity contribution in [3.63, 3.8) is 0 Å². The standard InChI is InChI=1S/C30H47N4O18P3S4/c1-20(35)46-14-11-30(2,3)59-58-18-45-12-7-8-13-47-25(36)10-6-5-9-21-16-34(27-26(21)28(37)33-29(31)32-27)24-15-22(48-19-57-56-4)23(50-24)17-49-54(41,42)52-55(43,44)51-53(38,39)40/h16,22-24H,6-8,10-15,17-19H2,1-4H3,(H,41,42)(H,43,44)(H2,38,39,40)(H3,31,32,33,37)/t22-,23+,24+/m0/s1. The second-order valence-corrected chi connectivity index (χ2v) is 22.6. The number of carbonyl (C=O) groups excluding carboxylic acids is 2. The van der Waals surface area contributed by atoms with Gasteiger partial charge in [0.1, 0.15) is 24.2 Å². The fourth-order valence-electron chi connectivity index (χ4n) is 4.96. The van der Waals surface area contributed by atoms with E-state index in [1.54, 1.807) is 21.6 Å². The zero-order chi connectivity index (χ0) is 43.9. The molecule has 0 aromatic carbocycles. The minimum atomic E-state index is -5.75. The lowest BCUT2D eigenvalue weighted by Gasteiger charge is -2.22. The van der Waals surface area contributed by atoms with Gasteiger partial charge in [-0.3, -0.25) is 23.9 Å². The van der Waals surface area contributed by atoms with Crippen molar-refractivity contribution >= 4 is 95.6 Å². The number of esters is 2. The molecule has 29 heteroatoms. The van der Waals surface area contributed by atoms with Crippen LogP contribution in [0.3, 0.4) is 0 Å². The van der Waals surface area contributed by atoms with Crippen LogP contribution in [-0.4, -0.2) is 108 Å². The number of ether oxygens (including phenoxy) is 5. The SMILES string of the molecule is CSSCO[C@H]1C[C@H](n2cc(C#CCCC(=O)OCCCCOCSSC(C)(C)CCOC(C)=O)c3c(=O)[nH]c(N)nc32)O[C@@H]1COP(=O)(O)OP(=O)(O)OP(=O)(O)O. The maximum absolute atomic E-state index is 13.0. The number of unbranched alkanes of at least 4 members (excludes halogenated alkanes) is 1. The van der Waals surface area contributed by atoms with Gasteiger partial charge in [-0.05, 0) is 39.4 Å². The first kappa shape index (κ1) is 51.8. The van der Waals surface area contributed by atoms with Crippen LogP contribution in [0.15, 0.2) is 11.0 Å². The number of nitrogens with one attached hydrogen (secondary N) is 1. The molecule has 5 atom stereocenters. The maximum atomic E-state index is 13.0. The Kier molecular flexibility index (Phi) is 21.3. The molecular formula is C30H47N4O18P3S4. The van der Waals surface area contributed by atoms with Gasteiger partial charge < -0.3 is 53.6 Å². The van der Waals surface area contributed by atoms with Crippen LogP contribution in [0.2, 0.25) is 0 Å². The summed E-state index contributed by atoms with van der Waals surface area (Å²) >= 11 is 0. The second-order valence-electron chi connectivity index (χ2n) is 12.8. The third kappa shape index (κ3) is 19.6. The Hall–Kier alpha value is -1.59. The molecule has 2 aromatic heterocycles. The van der Waals surface area contributed by atoms with Gasteiger partial charge in [-0.2, -0.15) is 13.6 Å². The van der Waals surface area contributed by atoms with Crippen LogP contribution in [0.5, 0.6) is 0 Å². The molecule has 0 saturated carbocycles. The third-order valence-corrected chi connectivity index (χ3v) is 15.8. The molecule has 1 fully saturated rings. The average Bonchev–Trinajstić information content (AvgIpc) is 3.67. The van der Waals surface area contributed by atoms with Crippen molar-refractivity contribution in [1.82, 2.24) is 14.5 Å². The largest absolute Gasteiger partial charge is 0.490 e. The third-order valence-electron chi connectivity index (χ3n) is 7.51. The average molecular weight is 973 g/mol. The first-order valence-corrected chi connectivity index (χ1v) is 26.9. The van der Waals surface area contributed by atoms with E-state index in [-0.39, 0.29) is 65.1 Å². The number of aromatic nitrogens is 3. The first-order valence-electron chi connectivity index (χ1n) is 17.4. The summed E-state index contributed by atoms with van der Waals surface area (Å²) in [6.45, 7) is 5.80. The summed E-state index contributed by atoms with van der Waals surface area (Å²) < 4.78 is 76.7. The number of H-pyrrole nitrogens is 1. The van der Waals surface area contributed by atoms with Gasteiger partial charge >= 0.3 is 35.4 Å². The van der Waals surface area contributed by atoms with E-state index in [4.69, 9.17) is 43.7 Å². The van der Waals surface area contributed by atoms with E-state index >= 15 is 0 Å². The van der Waals surface area contributed by atoms with Crippen LogP contribution in [0, 0.1) is 11.8 Å². The van der Waals surface area contributed by atoms with Gasteiger partial charge in [0.15, 0.2) is 5.65 Å². The number of hydrogen-bond acceptors (Lipinski definition) is 20. The van der Waals surface area contributed by atoms with Gasteiger partial charge in [0.05, 0.1) is 43.3 Å². The molecule has 7 N–H and O–H groups in total. The molecule has 22 nitrogen and oxygen atoms in total. The lowest BCUT2D eigenvalue weighted by atomic mass is 10.1. The topological polar surface area (TPSA) is 317 Å². The minimum absolute atomic E-state index is 0.0130. The number of nitrogens with two attached hydrogens (primary N) is 1. The van der Waals surface area contributed by atoms with E-state index in [1.165, 1.54) is 39.3 Å². The van der Waals surface area contributed by atoms with Crippen molar-refractivity contribution in [3.05, 3.63) is 22.1 Å². The van der Waals surface area contributed by atoms with Crippen LogP contribution in [0.25, 0.3) is 11.0 Å². The predicted octanol–water partition coefficient (Wildman–Crippen LogP) is 4.83. The molecule has 0 radical (unpaired) electrons. The highest BCUT2D eigenvalue weighted by molar-refractivity contribution is 8.77. The van der Waals surface area contributed by atoms with Crippen molar-refractivity contribution in [3.8, 4) is 11.8 Å². The summed E-state index contributed by atoms with van der Waals surface area (Å²) in [7, 11) is -10.9. The van der Waals surface area contributed by atoms with Crippen molar-refractivity contribution in [2.75, 3.05) is 50.3 Å². The van der Waals surface area contributed by atoms with E-state index < -0.39 is 60.0 Å². The second kappa shape index (κ2) is 24.3. The lowest BCUT2D eigenvalue weighted by molar-refractivity contribution is -0.144. The van der Waals surface area contributed by atoms with Gasteiger partial charge in [-0.1, -0.05) is 55.0 Å². The minimum Gasteiger partial charge on any atom is -0.466 e. The summed E-state index contributed by atoms with van der Waals surface area (Å²) in [5.41, 5.74) is 5.53. The number of fused-ring (bicyclic) bond motifs is 1. The molecule has 0 aliphatic carbocycles. The Morgan fingerprint density at radius 2 is 1.80 bits per heavy atom. The monoisotopic (exact) mass is 972 g/mol. The van der Waals surface area contributed by atoms with E-state index in [0.717, 1.165) is 6.42 Å². The number of phosphoric acid groups is 3. The molecule has 3 heterocycles. The van der Waals surface area contributed by atoms with Crippen molar-refractivity contribution in [2.45, 2.75) is 82.5 Å². The van der Waals surface area contributed by atoms with Crippen LogP contribution in [0.4, 0.5) is 5.95 Å². The summed E-state index contributed by atoms with van der Waals surface area (Å²) in [4.78, 5) is 80.0. The number of anilines is 1. The van der Waals surface area contributed by atoms with Gasteiger partial charge in [0.25, 0.3) is 5.56 Å². The maximum Gasteiger partial charge on any atom is 0.490 e. The zero-order valence-electron chi connectivity index (χ0n) is 32.2. The summed E-state index contributed by atoms with van der Waals surface area (Å²) in [5, 5.41) is 0.0622. The Balaban J connectivity index is 1.55. The molecule has 3 rings (SSSR count). The highest BCUT2D eigenvalue weighted by atomic mass is 33.1. The van der Waals surface area contributed by atoms with Crippen molar-refractivity contribution < 1.29 is 79.7 Å². The summed E-state index contributed by atoms with van der Waals surface area (Å²) in [6.07, 6.45) is 2.54. The molecular weight excluding hydrogens is 926 g/mol. The fourth-order valence-corrected chi connectivity index (χ4v) is 11.1. The van der Waals surface area contributed by atoms with Crippen LogP contribution in [-0.2, 0) is 60.1 Å². The van der Waals surface area contributed by atoms with Crippen molar-refractivity contribution in [1.29, 1.82) is 0 Å². The van der Waals surface area contributed by atoms with Gasteiger partial charge in [-0.15, -0.1) is 0 Å². The molecule has 2 unspecified atom stereocenters. The highest BCUT2D eigenvalue weighted by Crippen LogP contribution is 2.66. The molecule has 1 saturated heterocycles. The number of carbonyl (C=O) groups is 2. The molecule has 1 aliphatic heterocycles. The Labute approximate surface area is 355 Å². The number of aromatic amines is 1. The molecule has 2 aromatic rings. The number of nitrogens with zero attached hydrogens (tertiary/aromatic N) is 2. The zero-order valence-corrected chi connectivity index (χ0v) is 38.2. The molecule has 334 valence electrons. The Morgan fingerprint density at radius 1 is 1.07 bits per heavy atom. The highest BCUT2D eigenvalue weighted by Gasteiger charge is 2.44. The Bertz CT molecular complexity index is 1990. The molecule has 0 bridgehead atoms. The summed E-state index contributed by atoms with van der Waals surface area (Å²) in [5.74, 6) is 5.39. The number of nitrogen functional groups attached to an aromatic ring is 1. The number of hydrogen-bond donors (Lipinski definition) is 6. The van der Waals surface area contributed by atoms with Crippen LogP contribution >= 0.6 is 66.6 Å². The molecule has 0 amide bonds.